The number of nitrogens with zero attached hydrogens (tertiary/aromatic N) is 3. The maximum atomic E-state index is 12.2. The number of carbonyl (C=O) groups excluding carboxylic acids is 1. The molecular formula is C12H7N3O5. The number of ketones is 1. The molecule has 1 heterocycles. The van der Waals surface area contributed by atoms with Crippen LogP contribution in [0.4, 0.5) is 11.4 Å². The van der Waals surface area contributed by atoms with E-state index < -0.39 is 21.3 Å². The molecule has 20 heavy (non-hydrogen) atoms. The normalized spacial score (nSPS) is 10.0. The Morgan fingerprint density at radius 2 is 1.65 bits per heavy atom. The molecule has 0 N–H and O–H groups in total. The summed E-state index contributed by atoms with van der Waals surface area (Å²) in [5.74, 6) is -0.589. The van der Waals surface area contributed by atoms with Crippen molar-refractivity contribution in [2.75, 3.05) is 0 Å². The lowest BCUT2D eigenvalue weighted by Gasteiger charge is -2.01. The predicted molar refractivity (Wildman–Crippen MR) is 67.4 cm³/mol. The summed E-state index contributed by atoms with van der Waals surface area (Å²) >= 11 is 0. The van der Waals surface area contributed by atoms with E-state index in [0.29, 0.717) is 0 Å². The van der Waals surface area contributed by atoms with Gasteiger partial charge in [-0.25, -0.2) is 0 Å². The van der Waals surface area contributed by atoms with Crippen molar-refractivity contribution >= 4 is 17.2 Å². The van der Waals surface area contributed by atoms with Gasteiger partial charge in [0.2, 0.25) is 0 Å². The molecule has 0 atom stereocenters. The van der Waals surface area contributed by atoms with Crippen LogP contribution in [-0.2, 0) is 0 Å². The van der Waals surface area contributed by atoms with Crippen molar-refractivity contribution in [2.24, 2.45) is 0 Å². The van der Waals surface area contributed by atoms with E-state index in [9.17, 15) is 25.0 Å². The molecule has 0 saturated carbocycles. The lowest BCUT2D eigenvalue weighted by atomic mass is 10.0. The molecule has 0 saturated heterocycles. The Balaban J connectivity index is 2.41. The Labute approximate surface area is 112 Å². The number of non-ortho nitro benzene ring substituents is 1. The average molecular weight is 273 g/mol. The quantitative estimate of drug-likeness (QED) is 0.478. The Morgan fingerprint density at radius 1 is 1.00 bits per heavy atom. The van der Waals surface area contributed by atoms with Crippen LogP contribution in [0.2, 0.25) is 0 Å². The van der Waals surface area contributed by atoms with Crippen molar-refractivity contribution < 1.29 is 14.6 Å². The van der Waals surface area contributed by atoms with Crippen molar-refractivity contribution in [1.29, 1.82) is 0 Å². The van der Waals surface area contributed by atoms with Crippen LogP contribution < -0.4 is 0 Å². The number of hydrogen-bond donors (Lipinski definition) is 0. The fourth-order valence-corrected chi connectivity index (χ4v) is 1.61. The van der Waals surface area contributed by atoms with E-state index in [0.717, 1.165) is 6.20 Å². The molecule has 0 bridgehead atoms. The maximum Gasteiger partial charge on any atom is 0.298 e. The molecule has 0 amide bonds. The predicted octanol–water partition coefficient (Wildman–Crippen LogP) is 2.13. The fraction of sp³-hybridized carbons (Fsp3) is 0. The van der Waals surface area contributed by atoms with Crippen molar-refractivity contribution in [2.45, 2.75) is 0 Å². The second-order valence-corrected chi connectivity index (χ2v) is 3.78. The Hall–Kier alpha value is -3.16. The fourth-order valence-electron chi connectivity index (χ4n) is 1.61. The summed E-state index contributed by atoms with van der Waals surface area (Å²) < 4.78 is 0. The molecule has 2 rings (SSSR count). The summed E-state index contributed by atoms with van der Waals surface area (Å²) in [6, 6.07) is 6.08. The van der Waals surface area contributed by atoms with E-state index in [4.69, 9.17) is 0 Å². The maximum absolute atomic E-state index is 12.2. The van der Waals surface area contributed by atoms with E-state index >= 15 is 0 Å². The van der Waals surface area contributed by atoms with E-state index in [1.165, 1.54) is 36.5 Å². The van der Waals surface area contributed by atoms with E-state index in [1.54, 1.807) is 0 Å². The molecule has 0 radical (unpaired) electrons. The third-order valence-corrected chi connectivity index (χ3v) is 2.58. The van der Waals surface area contributed by atoms with Crippen LogP contribution in [0.15, 0.2) is 42.7 Å². The second kappa shape index (κ2) is 5.22. The minimum absolute atomic E-state index is 0.112. The lowest BCUT2D eigenvalue weighted by Crippen LogP contribution is -2.06. The van der Waals surface area contributed by atoms with Gasteiger partial charge in [0.05, 0.1) is 9.85 Å². The number of benzene rings is 1. The van der Waals surface area contributed by atoms with Crippen molar-refractivity contribution in [3.05, 3.63) is 74.1 Å². The number of aromatic nitrogens is 1. The highest BCUT2D eigenvalue weighted by atomic mass is 16.6. The van der Waals surface area contributed by atoms with Crippen LogP contribution >= 0.6 is 0 Å². The molecule has 0 fully saturated rings. The van der Waals surface area contributed by atoms with Crippen LogP contribution in [0.3, 0.4) is 0 Å². The van der Waals surface area contributed by atoms with Gasteiger partial charge in [0.15, 0.2) is 5.78 Å². The monoisotopic (exact) mass is 273 g/mol. The van der Waals surface area contributed by atoms with Crippen molar-refractivity contribution in [3.8, 4) is 0 Å². The summed E-state index contributed by atoms with van der Waals surface area (Å²) in [6.07, 6.45) is 2.25. The summed E-state index contributed by atoms with van der Waals surface area (Å²) in [5, 5.41) is 21.3. The van der Waals surface area contributed by atoms with Crippen molar-refractivity contribution in [3.63, 3.8) is 0 Å². The van der Waals surface area contributed by atoms with Gasteiger partial charge in [-0.1, -0.05) is 0 Å². The topological polar surface area (TPSA) is 116 Å². The molecule has 2 aromatic rings. The van der Waals surface area contributed by atoms with E-state index in [1.807, 2.05) is 0 Å². The first-order valence-electron chi connectivity index (χ1n) is 5.38. The van der Waals surface area contributed by atoms with Crippen LogP contribution in [0.5, 0.6) is 0 Å². The zero-order valence-electron chi connectivity index (χ0n) is 9.92. The third-order valence-electron chi connectivity index (χ3n) is 2.58. The lowest BCUT2D eigenvalue weighted by molar-refractivity contribution is -0.385. The molecule has 1 aromatic carbocycles. The highest BCUT2D eigenvalue weighted by Gasteiger charge is 2.21. The van der Waals surface area contributed by atoms with Crippen LogP contribution in [0.25, 0.3) is 0 Å². The Kier molecular flexibility index (Phi) is 3.47. The van der Waals surface area contributed by atoms with E-state index in [2.05, 4.69) is 4.98 Å². The van der Waals surface area contributed by atoms with Crippen LogP contribution in [-0.4, -0.2) is 20.6 Å². The van der Waals surface area contributed by atoms with Crippen molar-refractivity contribution in [1.82, 2.24) is 4.98 Å². The molecule has 0 aliphatic rings. The first kappa shape index (κ1) is 13.3. The molecule has 1 aromatic heterocycles. The molecule has 100 valence electrons. The number of nitro groups is 2. The van der Waals surface area contributed by atoms with Gasteiger partial charge in [-0.3, -0.25) is 30.0 Å². The molecular weight excluding hydrogens is 266 g/mol. The SMILES string of the molecule is O=C(c1ccc([N+](=O)[O-])cc1)c1ccncc1[N+](=O)[O-]. The minimum atomic E-state index is -0.703. The zero-order valence-corrected chi connectivity index (χ0v) is 9.92. The van der Waals surface area contributed by atoms with Gasteiger partial charge in [0.1, 0.15) is 11.8 Å². The Morgan fingerprint density at radius 3 is 2.20 bits per heavy atom. The van der Waals surface area contributed by atoms with Gasteiger partial charge in [-0.2, -0.15) is 0 Å². The average Bonchev–Trinajstić information content (AvgIpc) is 2.46. The van der Waals surface area contributed by atoms with Gasteiger partial charge < -0.3 is 0 Å². The van der Waals surface area contributed by atoms with Gasteiger partial charge in [0.25, 0.3) is 11.4 Å². The second-order valence-electron chi connectivity index (χ2n) is 3.78. The summed E-state index contributed by atoms with van der Waals surface area (Å²) in [5.41, 5.74) is -0.551. The van der Waals surface area contributed by atoms with E-state index in [-0.39, 0.29) is 16.8 Å². The van der Waals surface area contributed by atoms with Crippen LogP contribution in [0, 0.1) is 20.2 Å². The minimum Gasteiger partial charge on any atom is -0.288 e. The summed E-state index contributed by atoms with van der Waals surface area (Å²) in [4.78, 5) is 35.8. The number of rotatable bonds is 4. The molecule has 0 aliphatic carbocycles. The molecule has 0 unspecified atom stereocenters. The molecule has 0 aliphatic heterocycles. The van der Waals surface area contributed by atoms with Gasteiger partial charge in [0, 0.05) is 23.9 Å². The first-order valence-corrected chi connectivity index (χ1v) is 5.38. The first-order chi connectivity index (χ1) is 9.50. The van der Waals surface area contributed by atoms with Gasteiger partial charge in [-0.05, 0) is 18.2 Å². The summed E-state index contributed by atoms with van der Waals surface area (Å²) in [6.45, 7) is 0. The number of nitro benzene ring substituents is 1. The molecule has 8 heteroatoms. The highest BCUT2D eigenvalue weighted by Crippen LogP contribution is 2.21. The smallest absolute Gasteiger partial charge is 0.288 e. The van der Waals surface area contributed by atoms with Gasteiger partial charge in [-0.15, -0.1) is 0 Å². The third kappa shape index (κ3) is 2.48. The van der Waals surface area contributed by atoms with Crippen LogP contribution in [0.1, 0.15) is 15.9 Å². The molecule has 8 nitrogen and oxygen atoms in total. The standard InChI is InChI=1S/C12H7N3O5/c16-12(8-1-3-9(4-2-8)14(17)18)10-5-6-13-7-11(10)15(19)20/h1-7H. The summed E-state index contributed by atoms with van der Waals surface area (Å²) in [7, 11) is 0. The zero-order chi connectivity index (χ0) is 14.7. The number of hydrogen-bond acceptors (Lipinski definition) is 6. The Bertz CT molecular complexity index is 696. The van der Waals surface area contributed by atoms with Gasteiger partial charge >= 0.3 is 0 Å². The largest absolute Gasteiger partial charge is 0.298 e. The number of carbonyl (C=O) groups is 1. The highest BCUT2D eigenvalue weighted by molar-refractivity contribution is 6.11. The number of pyridine rings is 1. The molecule has 0 spiro atoms.